The van der Waals surface area contributed by atoms with E-state index in [1.807, 2.05) is 0 Å². The lowest BCUT2D eigenvalue weighted by Crippen LogP contribution is -2.20. The van der Waals surface area contributed by atoms with Gasteiger partial charge < -0.3 is 15.4 Å². The molecule has 9 heteroatoms. The largest absolute Gasteiger partial charge is 0.462 e. The summed E-state index contributed by atoms with van der Waals surface area (Å²) in [4.78, 5) is 23.5. The standard InChI is InChI=1S/C17H14ClF3N2O3/c1-2-26-15(24)10-3-6-12(7-4-10)22-16(25)23-14-9-11(17(19,20)21)5-8-13(14)18/h3-9H,2H2,1H3,(H2,22,23,25). The second-order valence-electron chi connectivity index (χ2n) is 5.07. The molecule has 0 unspecified atom stereocenters. The van der Waals surface area contributed by atoms with Crippen LogP contribution in [0.5, 0.6) is 0 Å². The molecule has 0 aliphatic heterocycles. The molecule has 2 amide bonds. The van der Waals surface area contributed by atoms with E-state index in [0.717, 1.165) is 18.2 Å². The predicted octanol–water partition coefficient (Wildman–Crippen LogP) is 5.18. The maximum atomic E-state index is 12.7. The minimum Gasteiger partial charge on any atom is -0.462 e. The fraction of sp³-hybridized carbons (Fsp3) is 0.176. The lowest BCUT2D eigenvalue weighted by molar-refractivity contribution is -0.137. The zero-order chi connectivity index (χ0) is 19.3. The van der Waals surface area contributed by atoms with Crippen molar-refractivity contribution < 1.29 is 27.5 Å². The Labute approximate surface area is 152 Å². The summed E-state index contributed by atoms with van der Waals surface area (Å²) in [6, 6.07) is 7.64. The van der Waals surface area contributed by atoms with Crippen LogP contribution in [0.25, 0.3) is 0 Å². The number of alkyl halides is 3. The van der Waals surface area contributed by atoms with E-state index in [1.165, 1.54) is 24.3 Å². The van der Waals surface area contributed by atoms with Gasteiger partial charge in [-0.15, -0.1) is 0 Å². The van der Waals surface area contributed by atoms with Gasteiger partial charge in [0.1, 0.15) is 0 Å². The first-order valence-corrected chi connectivity index (χ1v) is 7.80. The first-order valence-electron chi connectivity index (χ1n) is 7.42. The van der Waals surface area contributed by atoms with Crippen LogP contribution in [-0.4, -0.2) is 18.6 Å². The maximum absolute atomic E-state index is 12.7. The van der Waals surface area contributed by atoms with E-state index in [4.69, 9.17) is 16.3 Å². The van der Waals surface area contributed by atoms with Gasteiger partial charge in [0.05, 0.1) is 28.4 Å². The fourth-order valence-corrected chi connectivity index (χ4v) is 2.15. The van der Waals surface area contributed by atoms with E-state index in [1.54, 1.807) is 6.92 Å². The molecule has 0 bridgehead atoms. The number of esters is 1. The number of hydrogen-bond donors (Lipinski definition) is 2. The third-order valence-corrected chi connectivity index (χ3v) is 3.53. The number of halogens is 4. The van der Waals surface area contributed by atoms with E-state index >= 15 is 0 Å². The molecular weight excluding hydrogens is 373 g/mol. The van der Waals surface area contributed by atoms with Crippen molar-refractivity contribution >= 4 is 35.0 Å². The zero-order valence-electron chi connectivity index (χ0n) is 13.5. The second-order valence-corrected chi connectivity index (χ2v) is 5.48. The summed E-state index contributed by atoms with van der Waals surface area (Å²) in [7, 11) is 0. The number of hydrogen-bond acceptors (Lipinski definition) is 3. The zero-order valence-corrected chi connectivity index (χ0v) is 14.2. The lowest BCUT2D eigenvalue weighted by atomic mass is 10.2. The van der Waals surface area contributed by atoms with Crippen LogP contribution in [0.4, 0.5) is 29.3 Å². The molecule has 2 aromatic rings. The summed E-state index contributed by atoms with van der Waals surface area (Å²) in [5, 5.41) is 4.65. The number of ether oxygens (including phenoxy) is 1. The Morgan fingerprint density at radius 1 is 1.08 bits per heavy atom. The van der Waals surface area contributed by atoms with E-state index in [-0.39, 0.29) is 17.3 Å². The van der Waals surface area contributed by atoms with Gasteiger partial charge in [0.15, 0.2) is 0 Å². The van der Waals surface area contributed by atoms with Crippen LogP contribution in [0.1, 0.15) is 22.8 Å². The summed E-state index contributed by atoms with van der Waals surface area (Å²) in [6.07, 6.45) is -4.56. The first-order chi connectivity index (χ1) is 12.2. The van der Waals surface area contributed by atoms with Crippen molar-refractivity contribution in [2.45, 2.75) is 13.1 Å². The van der Waals surface area contributed by atoms with Gasteiger partial charge >= 0.3 is 18.2 Å². The molecule has 5 nitrogen and oxygen atoms in total. The predicted molar refractivity (Wildman–Crippen MR) is 91.5 cm³/mol. The van der Waals surface area contributed by atoms with Crippen molar-refractivity contribution in [1.82, 2.24) is 0 Å². The second kappa shape index (κ2) is 8.09. The van der Waals surface area contributed by atoms with Crippen molar-refractivity contribution in [2.75, 3.05) is 17.2 Å². The lowest BCUT2D eigenvalue weighted by Gasteiger charge is -2.12. The van der Waals surface area contributed by atoms with Crippen LogP contribution < -0.4 is 10.6 Å². The van der Waals surface area contributed by atoms with Crippen LogP contribution in [0.15, 0.2) is 42.5 Å². The van der Waals surface area contributed by atoms with Gasteiger partial charge in [0.2, 0.25) is 0 Å². The molecule has 0 aliphatic carbocycles. The molecule has 0 spiro atoms. The van der Waals surface area contributed by atoms with E-state index < -0.39 is 23.7 Å². The van der Waals surface area contributed by atoms with Gasteiger partial charge in [0.25, 0.3) is 0 Å². The van der Waals surface area contributed by atoms with Gasteiger partial charge in [0, 0.05) is 5.69 Å². The smallest absolute Gasteiger partial charge is 0.416 e. The molecule has 2 aromatic carbocycles. The molecular formula is C17H14ClF3N2O3. The number of rotatable bonds is 4. The molecule has 138 valence electrons. The molecule has 0 fully saturated rings. The van der Waals surface area contributed by atoms with Gasteiger partial charge in [-0.25, -0.2) is 9.59 Å². The Morgan fingerprint density at radius 3 is 2.31 bits per heavy atom. The Bertz CT molecular complexity index is 808. The monoisotopic (exact) mass is 386 g/mol. The summed E-state index contributed by atoms with van der Waals surface area (Å²) >= 11 is 5.82. The van der Waals surface area contributed by atoms with Crippen LogP contribution in [0.2, 0.25) is 5.02 Å². The molecule has 26 heavy (non-hydrogen) atoms. The molecule has 0 aliphatic rings. The summed E-state index contributed by atoms with van der Waals surface area (Å²) in [5.74, 6) is -0.501. The average molecular weight is 387 g/mol. The number of nitrogens with one attached hydrogen (secondary N) is 2. The van der Waals surface area contributed by atoms with Crippen molar-refractivity contribution in [3.63, 3.8) is 0 Å². The SMILES string of the molecule is CCOC(=O)c1ccc(NC(=O)Nc2cc(C(F)(F)F)ccc2Cl)cc1. The third-order valence-electron chi connectivity index (χ3n) is 3.20. The minimum atomic E-state index is -4.56. The highest BCUT2D eigenvalue weighted by atomic mass is 35.5. The maximum Gasteiger partial charge on any atom is 0.416 e. The van der Waals surface area contributed by atoms with Crippen molar-refractivity contribution in [3.05, 3.63) is 58.6 Å². The van der Waals surface area contributed by atoms with Crippen molar-refractivity contribution in [2.24, 2.45) is 0 Å². The van der Waals surface area contributed by atoms with Crippen molar-refractivity contribution in [3.8, 4) is 0 Å². The van der Waals surface area contributed by atoms with E-state index in [9.17, 15) is 22.8 Å². The number of benzene rings is 2. The van der Waals surface area contributed by atoms with Gasteiger partial charge in [-0.05, 0) is 49.4 Å². The molecule has 0 atom stereocenters. The number of urea groups is 1. The molecule has 0 aromatic heterocycles. The molecule has 2 rings (SSSR count). The molecule has 2 N–H and O–H groups in total. The highest BCUT2D eigenvalue weighted by molar-refractivity contribution is 6.33. The summed E-state index contributed by atoms with van der Waals surface area (Å²) in [6.45, 7) is 1.91. The number of carbonyl (C=O) groups is 2. The average Bonchev–Trinajstić information content (AvgIpc) is 2.56. The van der Waals surface area contributed by atoms with E-state index in [2.05, 4.69) is 10.6 Å². The van der Waals surface area contributed by atoms with Crippen LogP contribution in [0.3, 0.4) is 0 Å². The highest BCUT2D eigenvalue weighted by Gasteiger charge is 2.31. The van der Waals surface area contributed by atoms with Crippen LogP contribution >= 0.6 is 11.6 Å². The first kappa shape index (κ1) is 19.6. The Morgan fingerprint density at radius 2 is 1.73 bits per heavy atom. The van der Waals surface area contributed by atoms with E-state index in [0.29, 0.717) is 11.3 Å². The number of amides is 2. The highest BCUT2D eigenvalue weighted by Crippen LogP contribution is 2.33. The van der Waals surface area contributed by atoms with Gasteiger partial charge in [-0.3, -0.25) is 0 Å². The van der Waals surface area contributed by atoms with Crippen LogP contribution in [0, 0.1) is 0 Å². The molecule has 0 saturated heterocycles. The summed E-state index contributed by atoms with van der Waals surface area (Å²) < 4.78 is 43.0. The van der Waals surface area contributed by atoms with Gasteiger partial charge in [-0.1, -0.05) is 11.6 Å². The summed E-state index contributed by atoms with van der Waals surface area (Å²) in [5.41, 5.74) is -0.476. The Kier molecular flexibility index (Phi) is 6.10. The molecule has 0 saturated carbocycles. The minimum absolute atomic E-state index is 0.0363. The Balaban J connectivity index is 2.06. The molecule has 0 radical (unpaired) electrons. The topological polar surface area (TPSA) is 67.4 Å². The van der Waals surface area contributed by atoms with Gasteiger partial charge in [-0.2, -0.15) is 13.2 Å². The third kappa shape index (κ3) is 5.13. The van der Waals surface area contributed by atoms with Crippen LogP contribution in [-0.2, 0) is 10.9 Å². The Hall–Kier alpha value is -2.74. The van der Waals surface area contributed by atoms with Crippen molar-refractivity contribution in [1.29, 1.82) is 0 Å². The number of carbonyl (C=O) groups excluding carboxylic acids is 2. The quantitative estimate of drug-likeness (QED) is 0.711. The number of anilines is 2. The normalized spacial score (nSPS) is 11.0. The fourth-order valence-electron chi connectivity index (χ4n) is 1.99. The molecule has 0 heterocycles.